The van der Waals surface area contributed by atoms with Crippen LogP contribution in [0.2, 0.25) is 10.0 Å². The summed E-state index contributed by atoms with van der Waals surface area (Å²) >= 11 is 13.1. The minimum atomic E-state index is -0.913. The second-order valence-electron chi connectivity index (χ2n) is 10.2. The SMILES string of the molecule is O=C(O)c1ccc(COC2CC3CCC(C2)N3Cc2c(-c3c(Cl)cccc3Cl)noc2C2CC2)cc1. The Bertz CT molecular complexity index is 1240. The maximum atomic E-state index is 11.1. The van der Waals surface area contributed by atoms with Crippen LogP contribution in [-0.4, -0.2) is 39.3 Å². The molecule has 6 rings (SSSR count). The minimum Gasteiger partial charge on any atom is -0.478 e. The van der Waals surface area contributed by atoms with Crippen molar-refractivity contribution in [3.8, 4) is 11.3 Å². The van der Waals surface area contributed by atoms with Gasteiger partial charge in [0.15, 0.2) is 0 Å². The predicted molar refractivity (Wildman–Crippen MR) is 137 cm³/mol. The Labute approximate surface area is 220 Å². The van der Waals surface area contributed by atoms with Gasteiger partial charge in [-0.2, -0.15) is 0 Å². The lowest BCUT2D eigenvalue weighted by molar-refractivity contribution is -0.0306. The molecule has 0 radical (unpaired) electrons. The molecule has 0 spiro atoms. The zero-order chi connectivity index (χ0) is 24.8. The number of piperidine rings is 1. The Kier molecular flexibility index (Phi) is 6.54. The molecule has 2 bridgehead atoms. The van der Waals surface area contributed by atoms with Crippen molar-refractivity contribution in [1.82, 2.24) is 10.1 Å². The monoisotopic (exact) mass is 526 g/mol. The van der Waals surface area contributed by atoms with Crippen molar-refractivity contribution < 1.29 is 19.2 Å². The number of aromatic carboxylic acids is 1. The fourth-order valence-corrected chi connectivity index (χ4v) is 6.40. The number of fused-ring (bicyclic) bond motifs is 2. The van der Waals surface area contributed by atoms with E-state index in [9.17, 15) is 4.79 Å². The zero-order valence-electron chi connectivity index (χ0n) is 19.8. The van der Waals surface area contributed by atoms with Crippen LogP contribution >= 0.6 is 23.2 Å². The van der Waals surface area contributed by atoms with Crippen LogP contribution in [0.1, 0.15) is 71.7 Å². The first-order valence-corrected chi connectivity index (χ1v) is 13.4. The molecular formula is C28H28Cl2N2O4. The van der Waals surface area contributed by atoms with Crippen LogP contribution in [0.3, 0.4) is 0 Å². The zero-order valence-corrected chi connectivity index (χ0v) is 21.3. The lowest BCUT2D eigenvalue weighted by Gasteiger charge is -2.39. The Hall–Kier alpha value is -2.38. The first-order chi connectivity index (χ1) is 17.5. The third kappa shape index (κ3) is 4.68. The van der Waals surface area contributed by atoms with Crippen LogP contribution in [-0.2, 0) is 17.9 Å². The van der Waals surface area contributed by atoms with E-state index in [1.165, 1.54) is 0 Å². The number of rotatable bonds is 8. The van der Waals surface area contributed by atoms with Gasteiger partial charge >= 0.3 is 5.97 Å². The summed E-state index contributed by atoms with van der Waals surface area (Å²) in [7, 11) is 0. The van der Waals surface area contributed by atoms with Crippen LogP contribution in [0.5, 0.6) is 0 Å². The summed E-state index contributed by atoms with van der Waals surface area (Å²) in [6, 6.07) is 13.4. The number of carbonyl (C=O) groups is 1. The molecule has 1 saturated carbocycles. The first kappa shape index (κ1) is 24.0. The number of carboxylic acid groups (broad SMARTS) is 1. The molecule has 6 nitrogen and oxygen atoms in total. The quantitative estimate of drug-likeness (QED) is 0.342. The summed E-state index contributed by atoms with van der Waals surface area (Å²) in [5.74, 6) is 0.515. The van der Waals surface area contributed by atoms with Gasteiger partial charge in [0.2, 0.25) is 0 Å². The molecule has 188 valence electrons. The van der Waals surface area contributed by atoms with Crippen LogP contribution in [0, 0.1) is 0 Å². The number of hydrogen-bond donors (Lipinski definition) is 1. The number of benzene rings is 2. The van der Waals surface area contributed by atoms with Gasteiger partial charge in [0, 0.05) is 35.7 Å². The van der Waals surface area contributed by atoms with Crippen LogP contribution in [0.25, 0.3) is 11.3 Å². The van der Waals surface area contributed by atoms with Crippen LogP contribution in [0.4, 0.5) is 0 Å². The molecule has 0 amide bonds. The van der Waals surface area contributed by atoms with E-state index >= 15 is 0 Å². The van der Waals surface area contributed by atoms with Crippen LogP contribution in [0.15, 0.2) is 47.0 Å². The third-order valence-corrected chi connectivity index (χ3v) is 8.46. The maximum Gasteiger partial charge on any atom is 0.335 e. The van der Waals surface area contributed by atoms with Gasteiger partial charge in [-0.15, -0.1) is 0 Å². The number of ether oxygens (including phenoxy) is 1. The lowest BCUT2D eigenvalue weighted by atomic mass is 9.97. The molecule has 3 aromatic rings. The smallest absolute Gasteiger partial charge is 0.335 e. The molecule has 8 heteroatoms. The Morgan fingerprint density at radius 2 is 1.69 bits per heavy atom. The normalized spacial score (nSPS) is 23.8. The highest BCUT2D eigenvalue weighted by molar-refractivity contribution is 6.39. The molecule has 2 unspecified atom stereocenters. The van der Waals surface area contributed by atoms with E-state index in [-0.39, 0.29) is 6.10 Å². The molecule has 1 aliphatic carbocycles. The van der Waals surface area contributed by atoms with E-state index in [0.29, 0.717) is 40.2 Å². The van der Waals surface area contributed by atoms with Gasteiger partial charge < -0.3 is 14.4 Å². The van der Waals surface area contributed by atoms with Crippen molar-refractivity contribution in [1.29, 1.82) is 0 Å². The highest BCUT2D eigenvalue weighted by Gasteiger charge is 2.43. The molecule has 2 aliphatic heterocycles. The van der Waals surface area contributed by atoms with Crippen molar-refractivity contribution in [3.63, 3.8) is 0 Å². The molecule has 2 atom stereocenters. The molecule has 2 aromatic carbocycles. The molecular weight excluding hydrogens is 499 g/mol. The second-order valence-corrected chi connectivity index (χ2v) is 11.0. The van der Waals surface area contributed by atoms with Gasteiger partial charge in [0.25, 0.3) is 0 Å². The van der Waals surface area contributed by atoms with Crippen molar-refractivity contribution in [2.24, 2.45) is 0 Å². The first-order valence-electron chi connectivity index (χ1n) is 12.6. The van der Waals surface area contributed by atoms with E-state index in [0.717, 1.165) is 73.2 Å². The van der Waals surface area contributed by atoms with Gasteiger partial charge in [0.1, 0.15) is 11.5 Å². The summed E-state index contributed by atoms with van der Waals surface area (Å²) in [5.41, 5.74) is 3.94. The van der Waals surface area contributed by atoms with Gasteiger partial charge in [-0.1, -0.05) is 46.6 Å². The Morgan fingerprint density at radius 1 is 1.03 bits per heavy atom. The average molecular weight is 527 g/mol. The summed E-state index contributed by atoms with van der Waals surface area (Å²) in [6.07, 6.45) is 6.74. The highest BCUT2D eigenvalue weighted by atomic mass is 35.5. The largest absolute Gasteiger partial charge is 0.478 e. The molecule has 1 N–H and O–H groups in total. The van der Waals surface area contributed by atoms with E-state index < -0.39 is 5.97 Å². The second kappa shape index (κ2) is 9.82. The fourth-order valence-electron chi connectivity index (χ4n) is 5.82. The molecule has 36 heavy (non-hydrogen) atoms. The standard InChI is InChI=1S/C28H28Cl2N2O4/c29-23-2-1-3-24(30)25(23)26-22(27(36-31-26)17-8-9-17)14-32-19-10-11-20(32)13-21(12-19)35-15-16-4-6-18(7-5-16)28(33)34/h1-7,17,19-21H,8-15H2,(H,33,34). The molecule has 3 fully saturated rings. The number of hydrogen-bond acceptors (Lipinski definition) is 5. The summed E-state index contributed by atoms with van der Waals surface area (Å²) in [4.78, 5) is 13.7. The third-order valence-electron chi connectivity index (χ3n) is 7.83. The average Bonchev–Trinajstić information content (AvgIpc) is 3.59. The van der Waals surface area contributed by atoms with Gasteiger partial charge in [-0.25, -0.2) is 4.79 Å². The van der Waals surface area contributed by atoms with Crippen molar-refractivity contribution in [2.45, 2.75) is 75.8 Å². The molecule has 3 aliphatic rings. The topological polar surface area (TPSA) is 75.8 Å². The summed E-state index contributed by atoms with van der Waals surface area (Å²) in [5, 5.41) is 14.7. The fraction of sp³-hybridized carbons (Fsp3) is 0.429. The number of carboxylic acids is 1. The van der Waals surface area contributed by atoms with E-state index in [4.69, 9.17) is 37.6 Å². The van der Waals surface area contributed by atoms with Gasteiger partial charge in [-0.3, -0.25) is 4.90 Å². The maximum absolute atomic E-state index is 11.1. The lowest BCUT2D eigenvalue weighted by Crippen LogP contribution is -2.45. The van der Waals surface area contributed by atoms with Gasteiger partial charge in [-0.05, 0) is 68.4 Å². The van der Waals surface area contributed by atoms with E-state index in [2.05, 4.69) is 10.1 Å². The summed E-state index contributed by atoms with van der Waals surface area (Å²) < 4.78 is 12.2. The van der Waals surface area contributed by atoms with E-state index in [1.54, 1.807) is 12.1 Å². The predicted octanol–water partition coefficient (Wildman–Crippen LogP) is 6.94. The number of aromatic nitrogens is 1. The molecule has 2 saturated heterocycles. The Balaban J connectivity index is 1.17. The van der Waals surface area contributed by atoms with Crippen molar-refractivity contribution >= 4 is 29.2 Å². The minimum absolute atomic E-state index is 0.195. The number of nitrogens with zero attached hydrogens (tertiary/aromatic N) is 2. The van der Waals surface area contributed by atoms with Crippen LogP contribution < -0.4 is 0 Å². The molecule has 1 aromatic heterocycles. The van der Waals surface area contributed by atoms with E-state index in [1.807, 2.05) is 30.3 Å². The molecule has 3 heterocycles. The van der Waals surface area contributed by atoms with Crippen molar-refractivity contribution in [3.05, 3.63) is 75.0 Å². The highest BCUT2D eigenvalue weighted by Crippen LogP contribution is 2.47. The van der Waals surface area contributed by atoms with Crippen molar-refractivity contribution in [2.75, 3.05) is 0 Å². The van der Waals surface area contributed by atoms with Gasteiger partial charge in [0.05, 0.1) is 28.3 Å². The Morgan fingerprint density at radius 3 is 2.31 bits per heavy atom. The number of halogens is 2. The summed E-state index contributed by atoms with van der Waals surface area (Å²) in [6.45, 7) is 1.28.